The Labute approximate surface area is 173 Å². The van der Waals surface area contributed by atoms with Gasteiger partial charge in [0.2, 0.25) is 0 Å². The third kappa shape index (κ3) is 4.72. The summed E-state index contributed by atoms with van der Waals surface area (Å²) in [5.41, 5.74) is 4.07. The summed E-state index contributed by atoms with van der Waals surface area (Å²) in [6.07, 6.45) is -0.455. The van der Waals surface area contributed by atoms with Gasteiger partial charge in [-0.15, -0.1) is 0 Å². The van der Waals surface area contributed by atoms with E-state index in [-0.39, 0.29) is 0 Å². The van der Waals surface area contributed by atoms with E-state index in [1.54, 1.807) is 0 Å². The fourth-order valence-corrected chi connectivity index (χ4v) is 4.19. The van der Waals surface area contributed by atoms with Crippen LogP contribution in [0.3, 0.4) is 0 Å². The van der Waals surface area contributed by atoms with Gasteiger partial charge in [-0.1, -0.05) is 42.5 Å². The average Bonchev–Trinajstić information content (AvgIpc) is 2.75. The van der Waals surface area contributed by atoms with Crippen molar-refractivity contribution in [1.82, 2.24) is 0 Å². The van der Waals surface area contributed by atoms with Crippen molar-refractivity contribution in [2.24, 2.45) is 0 Å². The smallest absolute Gasteiger partial charge is 0.137 e. The number of anilines is 1. The third-order valence-electron chi connectivity index (χ3n) is 6.07. The van der Waals surface area contributed by atoms with E-state index in [1.165, 1.54) is 27.1 Å². The first-order valence-electron chi connectivity index (χ1n) is 10.5. The van der Waals surface area contributed by atoms with Gasteiger partial charge in [-0.05, 0) is 53.9 Å². The molecule has 0 aromatic heterocycles. The topological polar surface area (TPSA) is 37.1 Å². The molecule has 1 aliphatic heterocycles. The number of fused-ring (bicyclic) bond motifs is 1. The minimum Gasteiger partial charge on any atom is -0.491 e. The summed E-state index contributed by atoms with van der Waals surface area (Å²) >= 11 is 0. The number of nitrogens with zero attached hydrogens (tertiary/aromatic N) is 1. The zero-order valence-electron chi connectivity index (χ0n) is 17.4. The van der Waals surface area contributed by atoms with E-state index in [0.29, 0.717) is 6.61 Å². The molecule has 4 heteroatoms. The van der Waals surface area contributed by atoms with Crippen molar-refractivity contribution >= 4 is 16.5 Å². The number of piperazine rings is 1. The summed E-state index contributed by atoms with van der Waals surface area (Å²) < 4.78 is 5.86. The lowest BCUT2D eigenvalue weighted by molar-refractivity contribution is -0.903. The molecule has 0 radical (unpaired) electrons. The molecule has 0 aliphatic carbocycles. The van der Waals surface area contributed by atoms with Crippen molar-refractivity contribution < 1.29 is 14.7 Å². The molecular weight excluding hydrogens is 360 g/mol. The lowest BCUT2D eigenvalue weighted by atomic mass is 10.1. The largest absolute Gasteiger partial charge is 0.491 e. The molecule has 0 amide bonds. The lowest BCUT2D eigenvalue weighted by Crippen LogP contribution is -3.16. The Balaban J connectivity index is 1.26. The fraction of sp³-hybridized carbons (Fsp3) is 0.360. The summed E-state index contributed by atoms with van der Waals surface area (Å²) in [6, 6.07) is 20.9. The van der Waals surface area contributed by atoms with E-state index in [1.807, 2.05) is 24.3 Å². The van der Waals surface area contributed by atoms with E-state index in [4.69, 9.17) is 4.74 Å². The monoisotopic (exact) mass is 391 g/mol. The SMILES string of the molecule is Cc1cccc(N2CC[NH+](C[C@H](O)COc3ccc4ccccc4c3)CC2)c1C. The number of nitrogens with one attached hydrogen (secondary N) is 1. The number of hydrogen-bond donors (Lipinski definition) is 2. The van der Waals surface area contributed by atoms with Crippen molar-refractivity contribution in [3.63, 3.8) is 0 Å². The van der Waals surface area contributed by atoms with Gasteiger partial charge in [-0.2, -0.15) is 0 Å². The molecule has 1 heterocycles. The van der Waals surface area contributed by atoms with Crippen LogP contribution in [0, 0.1) is 13.8 Å². The van der Waals surface area contributed by atoms with Crippen LogP contribution in [0.1, 0.15) is 11.1 Å². The second kappa shape index (κ2) is 8.85. The standard InChI is InChI=1S/C25H30N2O2/c1-19-6-5-9-25(20(19)2)27-14-12-26(13-15-27)17-23(28)18-29-24-11-10-21-7-3-4-8-22(21)16-24/h3-11,16,23,28H,12-15,17-18H2,1-2H3/p+1/t23-/m0/s1. The molecule has 0 unspecified atom stereocenters. The predicted molar refractivity (Wildman–Crippen MR) is 119 cm³/mol. The summed E-state index contributed by atoms with van der Waals surface area (Å²) in [6.45, 7) is 9.58. The Morgan fingerprint density at radius 1 is 0.966 bits per heavy atom. The zero-order valence-corrected chi connectivity index (χ0v) is 17.4. The van der Waals surface area contributed by atoms with Crippen LogP contribution in [-0.4, -0.2) is 50.5 Å². The van der Waals surface area contributed by atoms with Crippen LogP contribution in [0.5, 0.6) is 5.75 Å². The Hall–Kier alpha value is -2.56. The maximum absolute atomic E-state index is 10.5. The molecule has 1 saturated heterocycles. The van der Waals surface area contributed by atoms with Gasteiger partial charge in [0.1, 0.15) is 25.0 Å². The highest BCUT2D eigenvalue weighted by atomic mass is 16.5. The molecule has 0 saturated carbocycles. The third-order valence-corrected chi connectivity index (χ3v) is 6.07. The number of ether oxygens (including phenoxy) is 1. The van der Waals surface area contributed by atoms with Crippen molar-refractivity contribution in [2.45, 2.75) is 20.0 Å². The zero-order chi connectivity index (χ0) is 20.2. The van der Waals surface area contributed by atoms with Crippen molar-refractivity contribution in [2.75, 3.05) is 44.2 Å². The Morgan fingerprint density at radius 2 is 1.72 bits per heavy atom. The molecule has 1 aliphatic rings. The van der Waals surface area contributed by atoms with Gasteiger partial charge in [-0.25, -0.2) is 0 Å². The van der Waals surface area contributed by atoms with Gasteiger partial charge in [0.15, 0.2) is 0 Å². The van der Waals surface area contributed by atoms with E-state index < -0.39 is 6.10 Å². The molecule has 152 valence electrons. The second-order valence-corrected chi connectivity index (χ2v) is 8.13. The summed E-state index contributed by atoms with van der Waals surface area (Å²) in [5, 5.41) is 12.8. The predicted octanol–water partition coefficient (Wildman–Crippen LogP) is 2.60. The molecule has 3 aromatic carbocycles. The molecule has 4 rings (SSSR count). The first-order chi connectivity index (χ1) is 14.1. The number of hydrogen-bond acceptors (Lipinski definition) is 3. The maximum atomic E-state index is 10.5. The van der Waals surface area contributed by atoms with Crippen LogP contribution in [0.15, 0.2) is 60.7 Å². The molecule has 1 atom stereocenters. The normalized spacial score (nSPS) is 16.2. The Kier molecular flexibility index (Phi) is 6.02. The van der Waals surface area contributed by atoms with Crippen LogP contribution in [0.2, 0.25) is 0 Å². The van der Waals surface area contributed by atoms with Gasteiger partial charge in [-0.3, -0.25) is 0 Å². The van der Waals surface area contributed by atoms with Crippen LogP contribution in [0.4, 0.5) is 5.69 Å². The number of benzene rings is 3. The van der Waals surface area contributed by atoms with Crippen LogP contribution < -0.4 is 14.5 Å². The van der Waals surface area contributed by atoms with Gasteiger partial charge in [0.25, 0.3) is 0 Å². The molecule has 29 heavy (non-hydrogen) atoms. The Bertz CT molecular complexity index is 964. The van der Waals surface area contributed by atoms with Crippen molar-refractivity contribution in [1.29, 1.82) is 0 Å². The first-order valence-corrected chi connectivity index (χ1v) is 10.5. The fourth-order valence-electron chi connectivity index (χ4n) is 4.19. The summed E-state index contributed by atoms with van der Waals surface area (Å²) in [4.78, 5) is 3.92. The van der Waals surface area contributed by atoms with Crippen LogP contribution >= 0.6 is 0 Å². The minimum absolute atomic E-state index is 0.336. The quantitative estimate of drug-likeness (QED) is 0.678. The van der Waals surface area contributed by atoms with Gasteiger partial charge in [0.05, 0.1) is 26.2 Å². The average molecular weight is 392 g/mol. The second-order valence-electron chi connectivity index (χ2n) is 8.13. The highest BCUT2D eigenvalue weighted by Gasteiger charge is 2.23. The van der Waals surface area contributed by atoms with E-state index >= 15 is 0 Å². The van der Waals surface area contributed by atoms with Crippen molar-refractivity contribution in [3.8, 4) is 5.75 Å². The van der Waals surface area contributed by atoms with E-state index in [2.05, 4.69) is 55.1 Å². The summed E-state index contributed by atoms with van der Waals surface area (Å²) in [5.74, 6) is 0.817. The number of aliphatic hydroxyl groups is 1. The molecule has 0 spiro atoms. The van der Waals surface area contributed by atoms with Crippen LogP contribution in [-0.2, 0) is 0 Å². The van der Waals surface area contributed by atoms with E-state index in [0.717, 1.165) is 43.9 Å². The molecule has 4 nitrogen and oxygen atoms in total. The molecule has 1 fully saturated rings. The lowest BCUT2D eigenvalue weighted by Gasteiger charge is -2.35. The van der Waals surface area contributed by atoms with Gasteiger partial charge >= 0.3 is 0 Å². The maximum Gasteiger partial charge on any atom is 0.137 e. The molecule has 2 N–H and O–H groups in total. The number of aliphatic hydroxyl groups excluding tert-OH is 1. The van der Waals surface area contributed by atoms with Crippen LogP contribution in [0.25, 0.3) is 10.8 Å². The van der Waals surface area contributed by atoms with Crippen molar-refractivity contribution in [3.05, 3.63) is 71.8 Å². The first kappa shape index (κ1) is 19.7. The van der Waals surface area contributed by atoms with Gasteiger partial charge < -0.3 is 19.6 Å². The van der Waals surface area contributed by atoms with Gasteiger partial charge in [0, 0.05) is 5.69 Å². The minimum atomic E-state index is -0.455. The highest BCUT2D eigenvalue weighted by molar-refractivity contribution is 5.83. The Morgan fingerprint density at radius 3 is 2.52 bits per heavy atom. The van der Waals surface area contributed by atoms with E-state index in [9.17, 15) is 5.11 Å². The molecule has 0 bridgehead atoms. The highest BCUT2D eigenvalue weighted by Crippen LogP contribution is 2.23. The number of aryl methyl sites for hydroxylation is 1. The molecular formula is C25H31N2O2+. The summed E-state index contributed by atoms with van der Waals surface area (Å²) in [7, 11) is 0. The molecule has 3 aromatic rings. The number of quaternary nitrogens is 1. The number of rotatable bonds is 6.